The van der Waals surface area contributed by atoms with Crippen LogP contribution in [0.15, 0.2) is 52.4 Å². The summed E-state index contributed by atoms with van der Waals surface area (Å²) in [4.78, 5) is 14.7. The predicted molar refractivity (Wildman–Crippen MR) is 101 cm³/mol. The maximum Gasteiger partial charge on any atom is 0.279 e. The number of nitrogens with one attached hydrogen (secondary N) is 2. The number of aromatic hydroxyl groups is 1. The van der Waals surface area contributed by atoms with Crippen molar-refractivity contribution in [1.82, 2.24) is 15.2 Å². The Kier molecular flexibility index (Phi) is 5.31. The normalized spacial score (nSPS) is 10.7. The summed E-state index contributed by atoms with van der Waals surface area (Å²) < 4.78 is 10.2. The number of phenols is 1. The SMILES string of the molecule is COc1cc(/C=N\Nc2nnc(-c3ccccc3)c(=O)[nH]2)cc(OC)c1O. The largest absolute Gasteiger partial charge is 0.502 e. The van der Waals surface area contributed by atoms with Crippen molar-refractivity contribution in [2.45, 2.75) is 0 Å². The monoisotopic (exact) mass is 367 g/mol. The van der Waals surface area contributed by atoms with Crippen molar-refractivity contribution in [3.05, 3.63) is 58.4 Å². The van der Waals surface area contributed by atoms with Crippen LogP contribution in [0, 0.1) is 0 Å². The van der Waals surface area contributed by atoms with E-state index >= 15 is 0 Å². The third-order valence-electron chi connectivity index (χ3n) is 3.63. The first kappa shape index (κ1) is 17.9. The Morgan fingerprint density at radius 1 is 1.11 bits per heavy atom. The van der Waals surface area contributed by atoms with Crippen LogP contribution in [0.4, 0.5) is 5.95 Å². The molecule has 0 radical (unpaired) electrons. The van der Waals surface area contributed by atoms with Crippen LogP contribution >= 0.6 is 0 Å². The van der Waals surface area contributed by atoms with Crippen molar-refractivity contribution in [1.29, 1.82) is 0 Å². The second kappa shape index (κ2) is 8.00. The van der Waals surface area contributed by atoms with E-state index in [9.17, 15) is 9.90 Å². The zero-order valence-electron chi connectivity index (χ0n) is 14.6. The van der Waals surface area contributed by atoms with E-state index in [-0.39, 0.29) is 34.5 Å². The van der Waals surface area contributed by atoms with E-state index in [1.165, 1.54) is 20.4 Å². The highest BCUT2D eigenvalue weighted by atomic mass is 16.5. The molecule has 3 aromatic rings. The van der Waals surface area contributed by atoms with Crippen molar-refractivity contribution in [2.75, 3.05) is 19.6 Å². The van der Waals surface area contributed by atoms with Crippen LogP contribution in [0.2, 0.25) is 0 Å². The van der Waals surface area contributed by atoms with Crippen molar-refractivity contribution >= 4 is 12.2 Å². The molecular formula is C18H17N5O4. The molecule has 0 spiro atoms. The number of benzene rings is 2. The standard InChI is InChI=1S/C18H17N5O4/c1-26-13-8-11(9-14(27-2)16(13)24)10-19-22-18-20-17(25)15(21-23-18)12-6-4-3-5-7-12/h3-10,24H,1-2H3,(H2,20,22,23,25)/b19-10-. The fraction of sp³-hybridized carbons (Fsp3) is 0.111. The highest BCUT2D eigenvalue weighted by Crippen LogP contribution is 2.36. The number of methoxy groups -OCH3 is 2. The molecule has 3 rings (SSSR count). The second-order valence-corrected chi connectivity index (χ2v) is 5.36. The summed E-state index contributed by atoms with van der Waals surface area (Å²) in [5.41, 5.74) is 3.70. The molecule has 0 fully saturated rings. The van der Waals surface area contributed by atoms with Gasteiger partial charge >= 0.3 is 0 Å². The van der Waals surface area contributed by atoms with E-state index in [0.717, 1.165) is 0 Å². The predicted octanol–water partition coefficient (Wildman–Crippen LogP) is 2.00. The number of hydrogen-bond acceptors (Lipinski definition) is 8. The number of ether oxygens (including phenoxy) is 2. The smallest absolute Gasteiger partial charge is 0.279 e. The van der Waals surface area contributed by atoms with Gasteiger partial charge in [-0.25, -0.2) is 5.43 Å². The average Bonchev–Trinajstić information content (AvgIpc) is 2.69. The van der Waals surface area contributed by atoms with Gasteiger partial charge in [0.25, 0.3) is 5.56 Å². The molecule has 0 saturated heterocycles. The van der Waals surface area contributed by atoms with Crippen molar-refractivity contribution < 1.29 is 14.6 Å². The summed E-state index contributed by atoms with van der Waals surface area (Å²) in [6, 6.07) is 12.2. The molecule has 0 bridgehead atoms. The zero-order valence-corrected chi connectivity index (χ0v) is 14.6. The van der Waals surface area contributed by atoms with Gasteiger partial charge in [-0.15, -0.1) is 10.2 Å². The average molecular weight is 367 g/mol. The molecule has 3 N–H and O–H groups in total. The number of anilines is 1. The summed E-state index contributed by atoms with van der Waals surface area (Å²) in [5, 5.41) is 21.7. The van der Waals surface area contributed by atoms with Gasteiger partial charge < -0.3 is 14.6 Å². The molecule has 27 heavy (non-hydrogen) atoms. The summed E-state index contributed by atoms with van der Waals surface area (Å²) in [5.74, 6) is 0.484. The maximum absolute atomic E-state index is 12.2. The lowest BCUT2D eigenvalue weighted by atomic mass is 10.2. The Hall–Kier alpha value is -3.88. The van der Waals surface area contributed by atoms with E-state index in [1.54, 1.807) is 24.3 Å². The molecule has 2 aromatic carbocycles. The molecule has 1 aromatic heterocycles. The maximum atomic E-state index is 12.2. The van der Waals surface area contributed by atoms with Crippen LogP contribution in [0.5, 0.6) is 17.2 Å². The highest BCUT2D eigenvalue weighted by molar-refractivity contribution is 5.82. The van der Waals surface area contributed by atoms with Gasteiger partial charge in [-0.2, -0.15) is 5.10 Å². The van der Waals surface area contributed by atoms with Gasteiger partial charge in [-0.05, 0) is 12.1 Å². The van der Waals surface area contributed by atoms with Crippen LogP contribution in [0.1, 0.15) is 5.56 Å². The molecule has 0 saturated carbocycles. The lowest BCUT2D eigenvalue weighted by Gasteiger charge is -2.09. The number of aromatic amines is 1. The van der Waals surface area contributed by atoms with Crippen LogP contribution < -0.4 is 20.5 Å². The number of hydrogen-bond donors (Lipinski definition) is 3. The van der Waals surface area contributed by atoms with Gasteiger partial charge in [-0.1, -0.05) is 30.3 Å². The summed E-state index contributed by atoms with van der Waals surface area (Å²) in [6.07, 6.45) is 1.45. The van der Waals surface area contributed by atoms with Crippen molar-refractivity contribution in [3.8, 4) is 28.5 Å². The van der Waals surface area contributed by atoms with Crippen LogP contribution in [-0.2, 0) is 0 Å². The molecule has 0 atom stereocenters. The topological polar surface area (TPSA) is 122 Å². The Labute approximate surface area is 154 Å². The number of H-pyrrole nitrogens is 1. The van der Waals surface area contributed by atoms with Crippen LogP contribution in [-0.4, -0.2) is 40.7 Å². The first-order valence-electron chi connectivity index (χ1n) is 7.89. The van der Waals surface area contributed by atoms with Gasteiger partial charge in [0.05, 0.1) is 20.4 Å². The number of hydrazone groups is 1. The van der Waals surface area contributed by atoms with Gasteiger partial charge in [0.2, 0.25) is 11.7 Å². The van der Waals surface area contributed by atoms with Crippen LogP contribution in [0.3, 0.4) is 0 Å². The fourth-order valence-corrected chi connectivity index (χ4v) is 2.33. The lowest BCUT2D eigenvalue weighted by Crippen LogP contribution is -2.15. The highest BCUT2D eigenvalue weighted by Gasteiger charge is 2.10. The Morgan fingerprint density at radius 3 is 2.37 bits per heavy atom. The van der Waals surface area contributed by atoms with E-state index in [2.05, 4.69) is 25.7 Å². The molecule has 138 valence electrons. The molecule has 1 heterocycles. The Bertz CT molecular complexity index is 993. The summed E-state index contributed by atoms with van der Waals surface area (Å²) >= 11 is 0. The minimum absolute atomic E-state index is 0.0913. The first-order chi connectivity index (χ1) is 13.1. The Morgan fingerprint density at radius 2 is 1.78 bits per heavy atom. The van der Waals surface area contributed by atoms with Gasteiger partial charge in [-0.3, -0.25) is 9.78 Å². The molecule has 0 amide bonds. The zero-order chi connectivity index (χ0) is 19.2. The van der Waals surface area contributed by atoms with Crippen LogP contribution in [0.25, 0.3) is 11.3 Å². The molecule has 0 aliphatic heterocycles. The Balaban J connectivity index is 1.77. The minimum Gasteiger partial charge on any atom is -0.502 e. The number of nitrogens with zero attached hydrogens (tertiary/aromatic N) is 3. The van der Waals surface area contributed by atoms with Crippen molar-refractivity contribution in [3.63, 3.8) is 0 Å². The minimum atomic E-state index is -0.387. The van der Waals surface area contributed by atoms with E-state index < -0.39 is 0 Å². The molecule has 0 unspecified atom stereocenters. The quantitative estimate of drug-likeness (QED) is 0.450. The third-order valence-corrected chi connectivity index (χ3v) is 3.63. The number of aromatic nitrogens is 3. The van der Waals surface area contributed by atoms with Gasteiger partial charge in [0.1, 0.15) is 0 Å². The van der Waals surface area contributed by atoms with Gasteiger partial charge in [0.15, 0.2) is 17.2 Å². The first-order valence-corrected chi connectivity index (χ1v) is 7.89. The van der Waals surface area contributed by atoms with Gasteiger partial charge in [0, 0.05) is 11.1 Å². The second-order valence-electron chi connectivity index (χ2n) is 5.36. The molecule has 0 aliphatic carbocycles. The van der Waals surface area contributed by atoms with E-state index in [4.69, 9.17) is 9.47 Å². The number of phenolic OH excluding ortho intramolecular Hbond substituents is 1. The summed E-state index contributed by atoms with van der Waals surface area (Å²) in [7, 11) is 2.87. The molecular weight excluding hydrogens is 350 g/mol. The molecule has 0 aliphatic rings. The summed E-state index contributed by atoms with van der Waals surface area (Å²) in [6.45, 7) is 0. The lowest BCUT2D eigenvalue weighted by molar-refractivity contribution is 0.340. The number of rotatable bonds is 6. The fourth-order valence-electron chi connectivity index (χ4n) is 2.33. The third kappa shape index (κ3) is 4.03. The molecule has 9 nitrogen and oxygen atoms in total. The van der Waals surface area contributed by atoms with Crippen molar-refractivity contribution in [2.24, 2.45) is 5.10 Å². The van der Waals surface area contributed by atoms with E-state index in [1.807, 2.05) is 18.2 Å². The van der Waals surface area contributed by atoms with E-state index in [0.29, 0.717) is 11.1 Å². The molecule has 9 heteroatoms.